The van der Waals surface area contributed by atoms with Crippen LogP contribution in [0.4, 0.5) is 17.2 Å². The van der Waals surface area contributed by atoms with E-state index in [0.717, 1.165) is 11.9 Å². The topological polar surface area (TPSA) is 101 Å². The summed E-state index contributed by atoms with van der Waals surface area (Å²) in [5.74, 6) is 0.0155. The van der Waals surface area contributed by atoms with E-state index in [0.29, 0.717) is 5.69 Å². The molecule has 7 nitrogen and oxygen atoms in total. The number of nitrogens with zero attached hydrogens (tertiary/aromatic N) is 3. The summed E-state index contributed by atoms with van der Waals surface area (Å²) >= 11 is 5.67. The molecule has 98 valence electrons. The minimum absolute atomic E-state index is 0.0155. The molecule has 0 spiro atoms. The van der Waals surface area contributed by atoms with E-state index in [1.807, 2.05) is 0 Å². The van der Waals surface area contributed by atoms with Gasteiger partial charge in [0.05, 0.1) is 11.5 Å². The largest absolute Gasteiger partial charge is 0.392 e. The predicted molar refractivity (Wildman–Crippen MR) is 69.3 cm³/mol. The van der Waals surface area contributed by atoms with Crippen molar-refractivity contribution in [1.29, 1.82) is 0 Å². The lowest BCUT2D eigenvalue weighted by atomic mass is 10.2. The number of nitrogens with one attached hydrogen (secondary N) is 1. The molecule has 2 aromatic rings. The highest BCUT2D eigenvalue weighted by atomic mass is 35.5. The Morgan fingerprint density at radius 2 is 2.00 bits per heavy atom. The Balaban J connectivity index is 2.32. The average Bonchev–Trinajstić information content (AvgIpc) is 2.39. The van der Waals surface area contributed by atoms with Crippen LogP contribution >= 0.6 is 11.6 Å². The van der Waals surface area contributed by atoms with Crippen LogP contribution in [0, 0.1) is 10.1 Å². The molecule has 0 bridgehead atoms. The van der Waals surface area contributed by atoms with Gasteiger partial charge in [0, 0.05) is 5.69 Å². The number of hydrogen-bond donors (Lipinski definition) is 2. The molecule has 0 radical (unpaired) electrons. The Bertz CT molecular complexity index is 603. The molecule has 1 heterocycles. The van der Waals surface area contributed by atoms with Crippen LogP contribution in [-0.2, 0) is 6.61 Å². The van der Waals surface area contributed by atoms with Gasteiger partial charge in [0.1, 0.15) is 6.33 Å². The molecule has 0 aliphatic heterocycles. The monoisotopic (exact) mass is 280 g/mol. The molecule has 2 rings (SSSR count). The lowest BCUT2D eigenvalue weighted by Crippen LogP contribution is -2.01. The summed E-state index contributed by atoms with van der Waals surface area (Å²) in [5.41, 5.74) is 0.950. The molecule has 2 N–H and O–H groups in total. The number of hydrogen-bond acceptors (Lipinski definition) is 6. The summed E-state index contributed by atoms with van der Waals surface area (Å²) in [6.45, 7) is -0.0697. The molecule has 0 amide bonds. The van der Waals surface area contributed by atoms with E-state index in [9.17, 15) is 10.1 Å². The summed E-state index contributed by atoms with van der Waals surface area (Å²) in [6, 6.07) is 6.73. The van der Waals surface area contributed by atoms with Gasteiger partial charge < -0.3 is 10.4 Å². The number of aromatic nitrogens is 2. The molecule has 0 atom stereocenters. The van der Waals surface area contributed by atoms with E-state index in [4.69, 9.17) is 16.7 Å². The second kappa shape index (κ2) is 5.59. The fourth-order valence-corrected chi connectivity index (χ4v) is 1.64. The molecule has 0 saturated heterocycles. The van der Waals surface area contributed by atoms with Crippen molar-refractivity contribution in [3.63, 3.8) is 0 Å². The van der Waals surface area contributed by atoms with Gasteiger partial charge in [-0.15, -0.1) is 0 Å². The maximum absolute atomic E-state index is 10.9. The van der Waals surface area contributed by atoms with Crippen molar-refractivity contribution in [2.24, 2.45) is 0 Å². The average molecular weight is 281 g/mol. The lowest BCUT2D eigenvalue weighted by molar-refractivity contribution is -0.384. The summed E-state index contributed by atoms with van der Waals surface area (Å²) in [6.07, 6.45) is 1.14. The Hall–Kier alpha value is -2.25. The van der Waals surface area contributed by atoms with Crippen molar-refractivity contribution in [2.45, 2.75) is 6.61 Å². The van der Waals surface area contributed by atoms with Crippen molar-refractivity contribution in [3.8, 4) is 0 Å². The molecule has 0 aliphatic rings. The first-order valence-corrected chi connectivity index (χ1v) is 5.61. The third-order valence-electron chi connectivity index (χ3n) is 2.36. The Morgan fingerprint density at radius 3 is 2.58 bits per heavy atom. The van der Waals surface area contributed by atoms with Crippen LogP contribution in [0.25, 0.3) is 0 Å². The van der Waals surface area contributed by atoms with E-state index in [-0.39, 0.29) is 23.3 Å². The highest BCUT2D eigenvalue weighted by Crippen LogP contribution is 2.30. The van der Waals surface area contributed by atoms with Gasteiger partial charge in [-0.3, -0.25) is 10.1 Å². The van der Waals surface area contributed by atoms with E-state index >= 15 is 0 Å². The van der Waals surface area contributed by atoms with Crippen molar-refractivity contribution in [3.05, 3.63) is 51.4 Å². The smallest absolute Gasteiger partial charge is 0.348 e. The summed E-state index contributed by atoms with van der Waals surface area (Å²) in [5, 5.41) is 22.4. The fourth-order valence-electron chi connectivity index (χ4n) is 1.44. The van der Waals surface area contributed by atoms with Gasteiger partial charge >= 0.3 is 5.69 Å². The van der Waals surface area contributed by atoms with Gasteiger partial charge in [0.15, 0.2) is 0 Å². The van der Waals surface area contributed by atoms with Crippen LogP contribution in [0.15, 0.2) is 30.6 Å². The van der Waals surface area contributed by atoms with Gasteiger partial charge in [-0.25, -0.2) is 9.97 Å². The summed E-state index contributed by atoms with van der Waals surface area (Å²) in [4.78, 5) is 17.6. The highest BCUT2D eigenvalue weighted by molar-refractivity contribution is 6.31. The quantitative estimate of drug-likeness (QED) is 0.506. The number of anilines is 2. The first kappa shape index (κ1) is 13.2. The fraction of sp³-hybridized carbons (Fsp3) is 0.0909. The minimum Gasteiger partial charge on any atom is -0.392 e. The number of benzene rings is 1. The Morgan fingerprint density at radius 1 is 1.32 bits per heavy atom. The van der Waals surface area contributed by atoms with E-state index in [2.05, 4.69) is 15.3 Å². The summed E-state index contributed by atoms with van der Waals surface area (Å²) < 4.78 is 0. The zero-order chi connectivity index (χ0) is 13.8. The molecule has 19 heavy (non-hydrogen) atoms. The van der Waals surface area contributed by atoms with Crippen molar-refractivity contribution >= 4 is 28.8 Å². The molecule has 0 fully saturated rings. The lowest BCUT2D eigenvalue weighted by Gasteiger charge is -2.06. The highest BCUT2D eigenvalue weighted by Gasteiger charge is 2.21. The first-order chi connectivity index (χ1) is 9.11. The third-order valence-corrected chi connectivity index (χ3v) is 2.64. The maximum atomic E-state index is 10.9. The van der Waals surface area contributed by atoms with Crippen LogP contribution in [0.1, 0.15) is 5.56 Å². The molecule has 0 saturated carbocycles. The third kappa shape index (κ3) is 2.95. The molecule has 1 aromatic heterocycles. The van der Waals surface area contributed by atoms with Gasteiger partial charge in [0.2, 0.25) is 11.0 Å². The maximum Gasteiger partial charge on any atom is 0.348 e. The first-order valence-electron chi connectivity index (χ1n) is 5.23. The van der Waals surface area contributed by atoms with E-state index in [1.54, 1.807) is 24.3 Å². The van der Waals surface area contributed by atoms with Gasteiger partial charge in [-0.2, -0.15) is 0 Å². The number of halogens is 1. The van der Waals surface area contributed by atoms with Crippen LogP contribution in [-0.4, -0.2) is 20.0 Å². The van der Waals surface area contributed by atoms with Crippen molar-refractivity contribution in [1.82, 2.24) is 9.97 Å². The van der Waals surface area contributed by atoms with Crippen molar-refractivity contribution in [2.75, 3.05) is 5.32 Å². The SMILES string of the molecule is O=[N+]([O-])c1c(Cl)ncnc1Nc1ccc(CO)cc1. The van der Waals surface area contributed by atoms with Crippen LogP contribution in [0.3, 0.4) is 0 Å². The van der Waals surface area contributed by atoms with E-state index < -0.39 is 4.92 Å². The molecule has 8 heteroatoms. The molecule has 0 aliphatic carbocycles. The number of nitro groups is 1. The molecular weight excluding hydrogens is 272 g/mol. The van der Waals surface area contributed by atoms with Crippen LogP contribution in [0.5, 0.6) is 0 Å². The molecule has 0 unspecified atom stereocenters. The Labute approximate surface area is 113 Å². The number of aliphatic hydroxyl groups excluding tert-OH is 1. The van der Waals surface area contributed by atoms with Gasteiger partial charge in [0.25, 0.3) is 0 Å². The zero-order valence-electron chi connectivity index (χ0n) is 9.58. The number of aliphatic hydroxyl groups is 1. The normalized spacial score (nSPS) is 10.2. The van der Waals surface area contributed by atoms with Crippen LogP contribution < -0.4 is 5.32 Å². The zero-order valence-corrected chi connectivity index (χ0v) is 10.3. The van der Waals surface area contributed by atoms with E-state index in [1.165, 1.54) is 0 Å². The minimum atomic E-state index is -0.646. The van der Waals surface area contributed by atoms with Crippen LogP contribution in [0.2, 0.25) is 5.15 Å². The van der Waals surface area contributed by atoms with Gasteiger partial charge in [-0.05, 0) is 17.7 Å². The second-order valence-electron chi connectivity index (χ2n) is 3.60. The van der Waals surface area contributed by atoms with Gasteiger partial charge in [-0.1, -0.05) is 23.7 Å². The number of rotatable bonds is 4. The predicted octanol–water partition coefficient (Wildman–Crippen LogP) is 2.27. The standard InChI is InChI=1S/C11H9ClN4O3/c12-10-9(16(18)19)11(14-6-13-10)15-8-3-1-7(5-17)2-4-8/h1-4,6,17H,5H2,(H,13,14,15). The second-order valence-corrected chi connectivity index (χ2v) is 3.96. The summed E-state index contributed by atoms with van der Waals surface area (Å²) in [7, 11) is 0. The Kier molecular flexibility index (Phi) is 3.88. The molecular formula is C11H9ClN4O3. The van der Waals surface area contributed by atoms with Crippen molar-refractivity contribution < 1.29 is 10.0 Å². The molecule has 1 aromatic carbocycles.